The van der Waals surface area contributed by atoms with Crippen molar-refractivity contribution in [1.82, 2.24) is 15.1 Å². The number of ether oxygens (including phenoxy) is 2. The Kier molecular flexibility index (Phi) is 8.01. The van der Waals surface area contributed by atoms with E-state index in [1.807, 2.05) is 30.3 Å². The molecule has 38 heavy (non-hydrogen) atoms. The lowest BCUT2D eigenvalue weighted by atomic mass is 10.00. The van der Waals surface area contributed by atoms with Crippen LogP contribution in [-0.4, -0.2) is 73.1 Å². The molecular formula is C28H30N4O6. The molecule has 0 aliphatic carbocycles. The molecule has 0 radical (unpaired) electrons. The SMILES string of the molecule is O=C(Nc1cccc([C@H]2OC(=O)N(Cc3ccccc3)[C@@H]2C(=O)NCCN2CCOCC2)c1)c1ccco1. The highest BCUT2D eigenvalue weighted by Crippen LogP contribution is 2.35. The maximum atomic E-state index is 13.5. The number of morpholine rings is 1. The molecule has 0 spiro atoms. The third-order valence-corrected chi connectivity index (χ3v) is 6.60. The van der Waals surface area contributed by atoms with Gasteiger partial charge in [0.25, 0.3) is 5.91 Å². The van der Waals surface area contributed by atoms with Crippen molar-refractivity contribution < 1.29 is 28.3 Å². The summed E-state index contributed by atoms with van der Waals surface area (Å²) in [5.41, 5.74) is 1.98. The molecule has 198 valence electrons. The van der Waals surface area contributed by atoms with Gasteiger partial charge < -0.3 is 24.5 Å². The molecule has 10 nitrogen and oxygen atoms in total. The summed E-state index contributed by atoms with van der Waals surface area (Å²) in [6.07, 6.45) is -0.000305. The van der Waals surface area contributed by atoms with Crippen molar-refractivity contribution in [2.45, 2.75) is 18.7 Å². The van der Waals surface area contributed by atoms with E-state index in [4.69, 9.17) is 13.9 Å². The maximum absolute atomic E-state index is 13.5. The Morgan fingerprint density at radius 2 is 1.79 bits per heavy atom. The maximum Gasteiger partial charge on any atom is 0.411 e. The number of benzene rings is 2. The number of rotatable bonds is 9. The van der Waals surface area contributed by atoms with E-state index in [-0.39, 0.29) is 18.2 Å². The molecule has 1 aromatic heterocycles. The molecule has 0 bridgehead atoms. The van der Waals surface area contributed by atoms with E-state index >= 15 is 0 Å². The molecule has 10 heteroatoms. The van der Waals surface area contributed by atoms with Crippen molar-refractivity contribution >= 4 is 23.6 Å². The Hall–Kier alpha value is -4.15. The zero-order chi connectivity index (χ0) is 26.3. The van der Waals surface area contributed by atoms with Crippen molar-refractivity contribution in [3.8, 4) is 0 Å². The number of nitrogens with zero attached hydrogens (tertiary/aromatic N) is 2. The molecule has 0 saturated carbocycles. The molecule has 2 fully saturated rings. The first-order valence-electron chi connectivity index (χ1n) is 12.6. The normalized spacial score (nSPS) is 19.7. The predicted octanol–water partition coefficient (Wildman–Crippen LogP) is 3.04. The van der Waals surface area contributed by atoms with Crippen LogP contribution >= 0.6 is 0 Å². The smallest absolute Gasteiger partial charge is 0.411 e. The number of furan rings is 1. The summed E-state index contributed by atoms with van der Waals surface area (Å²) in [6.45, 7) is 4.35. The number of carbonyl (C=O) groups excluding carboxylic acids is 3. The van der Waals surface area contributed by atoms with E-state index < -0.39 is 24.1 Å². The number of hydrogen-bond acceptors (Lipinski definition) is 7. The summed E-state index contributed by atoms with van der Waals surface area (Å²) in [6, 6.07) is 18.7. The highest BCUT2D eigenvalue weighted by Gasteiger charge is 2.47. The first-order chi connectivity index (χ1) is 18.6. The summed E-state index contributed by atoms with van der Waals surface area (Å²) in [5, 5.41) is 5.78. The molecule has 3 amide bonds. The van der Waals surface area contributed by atoms with Crippen molar-refractivity contribution in [2.24, 2.45) is 0 Å². The molecule has 2 saturated heterocycles. The Morgan fingerprint density at radius 1 is 0.974 bits per heavy atom. The molecule has 3 aromatic rings. The minimum absolute atomic E-state index is 0.175. The third-order valence-electron chi connectivity index (χ3n) is 6.60. The molecule has 0 unspecified atom stereocenters. The average Bonchev–Trinajstić information content (AvgIpc) is 3.59. The number of carbonyl (C=O) groups is 3. The van der Waals surface area contributed by atoms with Gasteiger partial charge in [-0.15, -0.1) is 0 Å². The molecule has 3 heterocycles. The van der Waals surface area contributed by atoms with Gasteiger partial charge in [-0.2, -0.15) is 0 Å². The fourth-order valence-corrected chi connectivity index (χ4v) is 4.65. The van der Waals surface area contributed by atoms with E-state index in [0.29, 0.717) is 37.6 Å². The summed E-state index contributed by atoms with van der Waals surface area (Å²) in [7, 11) is 0. The van der Waals surface area contributed by atoms with E-state index in [9.17, 15) is 14.4 Å². The summed E-state index contributed by atoms with van der Waals surface area (Å²) in [5.74, 6) is -0.525. The first-order valence-corrected chi connectivity index (χ1v) is 12.6. The van der Waals surface area contributed by atoms with Gasteiger partial charge >= 0.3 is 6.09 Å². The van der Waals surface area contributed by atoms with Crippen LogP contribution in [0.1, 0.15) is 27.8 Å². The van der Waals surface area contributed by atoms with Gasteiger partial charge in [0.2, 0.25) is 5.91 Å². The fourth-order valence-electron chi connectivity index (χ4n) is 4.65. The van der Waals surface area contributed by atoms with Crippen LogP contribution in [-0.2, 0) is 20.8 Å². The first kappa shape index (κ1) is 25.5. The van der Waals surface area contributed by atoms with Crippen LogP contribution in [0.3, 0.4) is 0 Å². The third kappa shape index (κ3) is 6.04. The lowest BCUT2D eigenvalue weighted by Gasteiger charge is -2.28. The van der Waals surface area contributed by atoms with E-state index in [0.717, 1.165) is 18.7 Å². The highest BCUT2D eigenvalue weighted by molar-refractivity contribution is 6.02. The van der Waals surface area contributed by atoms with Crippen LogP contribution in [0.4, 0.5) is 10.5 Å². The monoisotopic (exact) mass is 518 g/mol. The number of anilines is 1. The Bertz CT molecular complexity index is 1240. The van der Waals surface area contributed by atoms with Crippen LogP contribution in [0.15, 0.2) is 77.4 Å². The second-order valence-corrected chi connectivity index (χ2v) is 9.16. The molecule has 2 aromatic carbocycles. The van der Waals surface area contributed by atoms with Gasteiger partial charge in [0.1, 0.15) is 0 Å². The largest absolute Gasteiger partial charge is 0.459 e. The van der Waals surface area contributed by atoms with Gasteiger partial charge in [-0.25, -0.2) is 4.79 Å². The zero-order valence-electron chi connectivity index (χ0n) is 20.9. The number of hydrogen-bond donors (Lipinski definition) is 2. The molecular weight excluding hydrogens is 488 g/mol. The number of amides is 3. The molecule has 2 atom stereocenters. The fraction of sp³-hybridized carbons (Fsp3) is 0.321. The van der Waals surface area contributed by atoms with Crippen LogP contribution in [0, 0.1) is 0 Å². The lowest BCUT2D eigenvalue weighted by Crippen LogP contribution is -2.48. The van der Waals surface area contributed by atoms with Crippen molar-refractivity contribution in [3.63, 3.8) is 0 Å². The Morgan fingerprint density at radius 3 is 2.55 bits per heavy atom. The van der Waals surface area contributed by atoms with Crippen LogP contribution < -0.4 is 10.6 Å². The van der Waals surface area contributed by atoms with E-state index in [2.05, 4.69) is 15.5 Å². The van der Waals surface area contributed by atoms with Crippen LogP contribution in [0.25, 0.3) is 0 Å². The van der Waals surface area contributed by atoms with Gasteiger partial charge in [-0.05, 0) is 35.4 Å². The van der Waals surface area contributed by atoms with Crippen molar-refractivity contribution in [1.29, 1.82) is 0 Å². The summed E-state index contributed by atoms with van der Waals surface area (Å²) >= 11 is 0. The van der Waals surface area contributed by atoms with E-state index in [1.165, 1.54) is 11.2 Å². The molecule has 5 rings (SSSR count). The molecule has 2 N–H and O–H groups in total. The average molecular weight is 519 g/mol. The predicted molar refractivity (Wildman–Crippen MR) is 138 cm³/mol. The van der Waals surface area contributed by atoms with Gasteiger partial charge in [-0.1, -0.05) is 42.5 Å². The summed E-state index contributed by atoms with van der Waals surface area (Å²) < 4.78 is 16.3. The van der Waals surface area contributed by atoms with Crippen molar-refractivity contribution in [2.75, 3.05) is 44.7 Å². The second kappa shape index (κ2) is 11.9. The Labute approximate surface area is 220 Å². The van der Waals surface area contributed by atoms with Gasteiger partial charge in [0.05, 0.1) is 26.0 Å². The molecule has 2 aliphatic rings. The van der Waals surface area contributed by atoms with Crippen molar-refractivity contribution in [3.05, 3.63) is 89.9 Å². The summed E-state index contributed by atoms with van der Waals surface area (Å²) in [4.78, 5) is 42.7. The minimum Gasteiger partial charge on any atom is -0.459 e. The lowest BCUT2D eigenvalue weighted by molar-refractivity contribution is -0.126. The Balaban J connectivity index is 1.34. The van der Waals surface area contributed by atoms with Gasteiger partial charge in [0, 0.05) is 31.9 Å². The van der Waals surface area contributed by atoms with Crippen LogP contribution in [0.5, 0.6) is 0 Å². The van der Waals surface area contributed by atoms with Crippen LogP contribution in [0.2, 0.25) is 0 Å². The zero-order valence-corrected chi connectivity index (χ0v) is 20.9. The van der Waals surface area contributed by atoms with E-state index in [1.54, 1.807) is 36.4 Å². The number of nitrogens with one attached hydrogen (secondary N) is 2. The van der Waals surface area contributed by atoms with Gasteiger partial charge in [0.15, 0.2) is 17.9 Å². The molecule has 2 aliphatic heterocycles. The van der Waals surface area contributed by atoms with Gasteiger partial charge in [-0.3, -0.25) is 19.4 Å². The standard InChI is InChI=1S/C28H30N4O6/c33-26(23-10-5-15-37-23)30-22-9-4-8-21(18-22)25-24(27(34)29-11-12-31-13-16-36-17-14-31)32(28(35)38-25)19-20-6-2-1-3-7-20/h1-10,15,18,24-25H,11-14,16-17,19H2,(H,29,34)(H,30,33)/t24-,25+/m0/s1. The second-order valence-electron chi connectivity index (χ2n) is 9.16. The minimum atomic E-state index is -0.886. The highest BCUT2D eigenvalue weighted by atomic mass is 16.6. The topological polar surface area (TPSA) is 113 Å². The number of cyclic esters (lactones) is 1. The quantitative estimate of drug-likeness (QED) is 0.448.